The van der Waals surface area contributed by atoms with E-state index in [1.807, 2.05) is 12.1 Å². The first-order valence-corrected chi connectivity index (χ1v) is 9.50. The summed E-state index contributed by atoms with van der Waals surface area (Å²) in [6, 6.07) is 7.42. The van der Waals surface area contributed by atoms with E-state index in [1.165, 1.54) is 7.05 Å². The SMILES string of the molecule is C[C@@H](Sc1nnc(C(F)(F)F)n1C)C(=O)Nc1ccc(N2CCOCC2)cc1. The van der Waals surface area contributed by atoms with E-state index in [4.69, 9.17) is 4.74 Å². The van der Waals surface area contributed by atoms with Gasteiger partial charge in [-0.3, -0.25) is 4.79 Å². The number of rotatable bonds is 5. The summed E-state index contributed by atoms with van der Waals surface area (Å²) in [4.78, 5) is 14.6. The molecule has 1 aliphatic rings. The summed E-state index contributed by atoms with van der Waals surface area (Å²) in [6.07, 6.45) is -4.59. The van der Waals surface area contributed by atoms with Crippen LogP contribution in [0.2, 0.25) is 0 Å². The van der Waals surface area contributed by atoms with Gasteiger partial charge in [-0.2, -0.15) is 13.2 Å². The molecule has 1 atom stereocenters. The van der Waals surface area contributed by atoms with Crippen LogP contribution in [0.3, 0.4) is 0 Å². The van der Waals surface area contributed by atoms with Gasteiger partial charge in [-0.15, -0.1) is 10.2 Å². The number of halogens is 3. The van der Waals surface area contributed by atoms with Gasteiger partial charge in [-0.25, -0.2) is 0 Å². The Labute approximate surface area is 164 Å². The van der Waals surface area contributed by atoms with E-state index in [2.05, 4.69) is 20.4 Å². The van der Waals surface area contributed by atoms with Crippen molar-refractivity contribution in [1.29, 1.82) is 0 Å². The summed E-state index contributed by atoms with van der Waals surface area (Å²) < 4.78 is 44.5. The molecule has 1 amide bonds. The van der Waals surface area contributed by atoms with E-state index in [-0.39, 0.29) is 11.1 Å². The topological polar surface area (TPSA) is 72.3 Å². The summed E-state index contributed by atoms with van der Waals surface area (Å²) in [5.74, 6) is -1.43. The maximum atomic E-state index is 12.8. The monoisotopic (exact) mass is 415 g/mol. The highest BCUT2D eigenvalue weighted by atomic mass is 32.2. The van der Waals surface area contributed by atoms with Gasteiger partial charge < -0.3 is 19.5 Å². The first-order valence-electron chi connectivity index (χ1n) is 8.62. The van der Waals surface area contributed by atoms with Gasteiger partial charge in [0.25, 0.3) is 0 Å². The minimum Gasteiger partial charge on any atom is -0.378 e. The molecule has 3 rings (SSSR count). The Morgan fingerprint density at radius 2 is 1.86 bits per heavy atom. The second-order valence-electron chi connectivity index (χ2n) is 6.26. The zero-order valence-electron chi connectivity index (χ0n) is 15.4. The molecule has 0 unspecified atom stereocenters. The average Bonchev–Trinajstić information content (AvgIpc) is 3.03. The zero-order valence-corrected chi connectivity index (χ0v) is 16.2. The Morgan fingerprint density at radius 3 is 2.43 bits per heavy atom. The number of amides is 1. The van der Waals surface area contributed by atoms with E-state index in [0.717, 1.165) is 35.1 Å². The molecule has 1 N–H and O–H groups in total. The maximum absolute atomic E-state index is 12.8. The van der Waals surface area contributed by atoms with Crippen molar-refractivity contribution in [3.05, 3.63) is 30.1 Å². The zero-order chi connectivity index (χ0) is 20.3. The number of alkyl halides is 3. The largest absolute Gasteiger partial charge is 0.451 e. The molecule has 11 heteroatoms. The molecule has 0 spiro atoms. The Balaban J connectivity index is 1.59. The second kappa shape index (κ2) is 8.39. The highest BCUT2D eigenvalue weighted by Crippen LogP contribution is 2.31. The van der Waals surface area contributed by atoms with Gasteiger partial charge in [-0.1, -0.05) is 11.8 Å². The number of ether oxygens (including phenoxy) is 1. The molecule has 1 aliphatic heterocycles. The van der Waals surface area contributed by atoms with E-state index in [1.54, 1.807) is 19.1 Å². The van der Waals surface area contributed by atoms with Crippen LogP contribution in [0.25, 0.3) is 0 Å². The lowest BCUT2D eigenvalue weighted by molar-refractivity contribution is -0.147. The van der Waals surface area contributed by atoms with Gasteiger partial charge in [0.15, 0.2) is 5.16 Å². The number of carbonyl (C=O) groups is 1. The van der Waals surface area contributed by atoms with Crippen molar-refractivity contribution in [1.82, 2.24) is 14.8 Å². The molecular weight excluding hydrogens is 395 g/mol. The van der Waals surface area contributed by atoms with Crippen molar-refractivity contribution < 1.29 is 22.7 Å². The molecule has 28 heavy (non-hydrogen) atoms. The van der Waals surface area contributed by atoms with Crippen LogP contribution in [0.5, 0.6) is 0 Å². The molecule has 0 saturated carbocycles. The molecule has 1 aromatic carbocycles. The van der Waals surface area contributed by atoms with Gasteiger partial charge in [0, 0.05) is 31.5 Å². The fraction of sp³-hybridized carbons (Fsp3) is 0.471. The number of anilines is 2. The molecule has 2 heterocycles. The fourth-order valence-corrected chi connectivity index (χ4v) is 3.51. The van der Waals surface area contributed by atoms with Crippen molar-refractivity contribution in [3.63, 3.8) is 0 Å². The molecule has 7 nitrogen and oxygen atoms in total. The molecular formula is C17H20F3N5O2S. The third-order valence-corrected chi connectivity index (χ3v) is 5.38. The van der Waals surface area contributed by atoms with Crippen LogP contribution in [0.15, 0.2) is 29.4 Å². The van der Waals surface area contributed by atoms with E-state index in [9.17, 15) is 18.0 Å². The number of thioether (sulfide) groups is 1. The fourth-order valence-electron chi connectivity index (χ4n) is 2.70. The number of nitrogens with zero attached hydrogens (tertiary/aromatic N) is 4. The maximum Gasteiger partial charge on any atom is 0.451 e. The van der Waals surface area contributed by atoms with Crippen LogP contribution in [0.4, 0.5) is 24.5 Å². The molecule has 0 bridgehead atoms. The van der Waals surface area contributed by atoms with Crippen molar-refractivity contribution in [2.45, 2.75) is 23.5 Å². The molecule has 0 aliphatic carbocycles. The first kappa shape index (κ1) is 20.5. The van der Waals surface area contributed by atoms with Crippen LogP contribution in [-0.4, -0.2) is 52.2 Å². The molecule has 2 aromatic rings. The lowest BCUT2D eigenvalue weighted by atomic mass is 10.2. The summed E-state index contributed by atoms with van der Waals surface area (Å²) >= 11 is 0.916. The molecule has 1 saturated heterocycles. The quantitative estimate of drug-likeness (QED) is 0.758. The van der Waals surface area contributed by atoms with Crippen LogP contribution in [-0.2, 0) is 22.8 Å². The van der Waals surface area contributed by atoms with Crippen molar-refractivity contribution in [2.75, 3.05) is 36.5 Å². The highest BCUT2D eigenvalue weighted by molar-refractivity contribution is 8.00. The normalized spacial score (nSPS) is 16.1. The standard InChI is InChI=1S/C17H20F3N5O2S/c1-11(28-16-23-22-15(24(16)2)17(18,19)20)14(26)21-12-3-5-13(6-4-12)25-7-9-27-10-8-25/h3-6,11H,7-10H2,1-2H3,(H,21,26)/t11-/m1/s1. The number of morpholine rings is 1. The van der Waals surface area contributed by atoms with Crippen LogP contribution in [0.1, 0.15) is 12.7 Å². The number of benzene rings is 1. The van der Waals surface area contributed by atoms with Gasteiger partial charge in [0.05, 0.1) is 18.5 Å². The van der Waals surface area contributed by atoms with Crippen LogP contribution in [0, 0.1) is 0 Å². The molecule has 1 aromatic heterocycles. The molecule has 0 radical (unpaired) electrons. The van der Waals surface area contributed by atoms with Gasteiger partial charge in [0.1, 0.15) is 0 Å². The summed E-state index contributed by atoms with van der Waals surface area (Å²) in [5.41, 5.74) is 1.66. The second-order valence-corrected chi connectivity index (χ2v) is 7.57. The van der Waals surface area contributed by atoms with E-state index in [0.29, 0.717) is 18.9 Å². The minimum absolute atomic E-state index is 0.0256. The number of nitrogens with one attached hydrogen (secondary N) is 1. The predicted molar refractivity (Wildman–Crippen MR) is 99.4 cm³/mol. The summed E-state index contributed by atoms with van der Waals surface area (Å²) in [5, 5.41) is 8.84. The Kier molecular flexibility index (Phi) is 6.14. The van der Waals surface area contributed by atoms with Gasteiger partial charge in [0.2, 0.25) is 11.7 Å². The van der Waals surface area contributed by atoms with E-state index < -0.39 is 17.3 Å². The van der Waals surface area contributed by atoms with E-state index >= 15 is 0 Å². The van der Waals surface area contributed by atoms with Crippen molar-refractivity contribution >= 4 is 29.0 Å². The Hall–Kier alpha value is -2.27. The average molecular weight is 415 g/mol. The third-order valence-electron chi connectivity index (χ3n) is 4.25. The number of aromatic nitrogens is 3. The highest BCUT2D eigenvalue weighted by Gasteiger charge is 2.37. The molecule has 152 valence electrons. The number of hydrogen-bond acceptors (Lipinski definition) is 6. The lowest BCUT2D eigenvalue weighted by Crippen LogP contribution is -2.36. The molecule has 1 fully saturated rings. The van der Waals surface area contributed by atoms with Gasteiger partial charge >= 0.3 is 6.18 Å². The number of hydrogen-bond donors (Lipinski definition) is 1. The Bertz CT molecular complexity index is 819. The smallest absolute Gasteiger partial charge is 0.378 e. The van der Waals surface area contributed by atoms with Crippen LogP contribution >= 0.6 is 11.8 Å². The third kappa shape index (κ3) is 4.76. The van der Waals surface area contributed by atoms with Crippen molar-refractivity contribution in [3.8, 4) is 0 Å². The summed E-state index contributed by atoms with van der Waals surface area (Å²) in [6.45, 7) is 4.61. The Morgan fingerprint density at radius 1 is 1.21 bits per heavy atom. The summed E-state index contributed by atoms with van der Waals surface area (Å²) in [7, 11) is 1.22. The number of carbonyl (C=O) groups excluding carboxylic acids is 1. The van der Waals surface area contributed by atoms with Crippen molar-refractivity contribution in [2.24, 2.45) is 7.05 Å². The predicted octanol–water partition coefficient (Wildman–Crippen LogP) is 2.79. The lowest BCUT2D eigenvalue weighted by Gasteiger charge is -2.28. The van der Waals surface area contributed by atoms with Crippen LogP contribution < -0.4 is 10.2 Å². The first-order chi connectivity index (χ1) is 13.3. The van der Waals surface area contributed by atoms with Gasteiger partial charge in [-0.05, 0) is 31.2 Å². The minimum atomic E-state index is -4.59.